The second-order valence-corrected chi connectivity index (χ2v) is 7.17. The molecule has 0 N–H and O–H groups in total. The number of hydrogen-bond donors (Lipinski definition) is 0. The van der Waals surface area contributed by atoms with Gasteiger partial charge in [-0.1, -0.05) is 36.8 Å². The van der Waals surface area contributed by atoms with Gasteiger partial charge in [0, 0.05) is 5.92 Å². The molecule has 0 aliphatic heterocycles. The zero-order chi connectivity index (χ0) is 23.8. The molecule has 1 nitrogen and oxygen atoms in total. The molecular formula is C26H14F6O. The Balaban J connectivity index is 1.79. The quantitative estimate of drug-likeness (QED) is 0.175. The third-order valence-corrected chi connectivity index (χ3v) is 4.92. The van der Waals surface area contributed by atoms with E-state index in [0.29, 0.717) is 23.5 Å². The van der Waals surface area contributed by atoms with Crippen LogP contribution in [0, 0.1) is 29.3 Å². The molecule has 0 fully saturated rings. The maximum Gasteiger partial charge on any atom is 0.458 e. The Labute approximate surface area is 184 Å². The SMILES string of the molecule is C=CCOc1ccc2cc(-c3cc(F)c4c(F)c(C#CC(F)(F)F)c(F)cc4c3)ccc2c1. The maximum atomic E-state index is 14.8. The second kappa shape index (κ2) is 8.55. The lowest BCUT2D eigenvalue weighted by atomic mass is 9.97. The lowest BCUT2D eigenvalue weighted by molar-refractivity contribution is -0.0696. The third-order valence-electron chi connectivity index (χ3n) is 4.92. The first-order valence-electron chi connectivity index (χ1n) is 9.65. The van der Waals surface area contributed by atoms with E-state index in [9.17, 15) is 26.3 Å². The third kappa shape index (κ3) is 4.65. The van der Waals surface area contributed by atoms with E-state index in [0.717, 1.165) is 28.8 Å². The van der Waals surface area contributed by atoms with Crippen molar-refractivity contribution in [3.63, 3.8) is 0 Å². The smallest absolute Gasteiger partial charge is 0.458 e. The summed E-state index contributed by atoms with van der Waals surface area (Å²) in [6, 6.07) is 13.9. The molecule has 0 aliphatic carbocycles. The van der Waals surface area contributed by atoms with Gasteiger partial charge in [-0.3, -0.25) is 0 Å². The van der Waals surface area contributed by atoms with Crippen LogP contribution in [-0.4, -0.2) is 12.8 Å². The highest BCUT2D eigenvalue weighted by Gasteiger charge is 2.24. The molecule has 0 amide bonds. The standard InChI is InChI=1S/C26H14F6O/c1-2-9-33-20-6-5-15-10-16(3-4-17(15)12-20)18-11-19-14-22(27)21(7-8-26(30,31)32)25(29)24(19)23(28)13-18/h2-6,10-14H,1,9H2. The molecule has 4 aromatic rings. The topological polar surface area (TPSA) is 9.23 Å². The molecule has 166 valence electrons. The molecule has 4 aromatic carbocycles. The van der Waals surface area contributed by atoms with Gasteiger partial charge in [0.2, 0.25) is 0 Å². The van der Waals surface area contributed by atoms with Gasteiger partial charge in [0.25, 0.3) is 0 Å². The van der Waals surface area contributed by atoms with Crippen LogP contribution in [0.3, 0.4) is 0 Å². The van der Waals surface area contributed by atoms with Crippen LogP contribution in [0.15, 0.2) is 67.3 Å². The van der Waals surface area contributed by atoms with Crippen molar-refractivity contribution >= 4 is 21.5 Å². The molecule has 33 heavy (non-hydrogen) atoms. The lowest BCUT2D eigenvalue weighted by Gasteiger charge is -2.10. The number of hydrogen-bond acceptors (Lipinski definition) is 1. The Morgan fingerprint density at radius 2 is 1.52 bits per heavy atom. The fourth-order valence-electron chi connectivity index (χ4n) is 3.47. The van der Waals surface area contributed by atoms with E-state index in [4.69, 9.17) is 4.74 Å². The van der Waals surface area contributed by atoms with Crippen LogP contribution in [-0.2, 0) is 0 Å². The summed E-state index contributed by atoms with van der Waals surface area (Å²) in [5, 5.41) is 0.933. The van der Waals surface area contributed by atoms with E-state index in [-0.39, 0.29) is 5.39 Å². The average Bonchev–Trinajstić information content (AvgIpc) is 2.75. The van der Waals surface area contributed by atoms with E-state index in [1.807, 2.05) is 12.1 Å². The summed E-state index contributed by atoms with van der Waals surface area (Å²) in [4.78, 5) is 0. The van der Waals surface area contributed by atoms with E-state index in [2.05, 4.69) is 6.58 Å². The Hall–Kier alpha value is -3.92. The summed E-state index contributed by atoms with van der Waals surface area (Å²) in [6.45, 7) is 3.95. The molecule has 0 saturated heterocycles. The minimum atomic E-state index is -4.94. The van der Waals surface area contributed by atoms with Crippen LogP contribution in [0.2, 0.25) is 0 Å². The number of fused-ring (bicyclic) bond motifs is 2. The van der Waals surface area contributed by atoms with Crippen LogP contribution < -0.4 is 4.74 Å². The largest absolute Gasteiger partial charge is 0.490 e. The molecule has 0 atom stereocenters. The Kier molecular flexibility index (Phi) is 5.77. The molecule has 0 bridgehead atoms. The molecular weight excluding hydrogens is 442 g/mol. The average molecular weight is 456 g/mol. The van der Waals surface area contributed by atoms with Crippen molar-refractivity contribution in [2.45, 2.75) is 6.18 Å². The first kappa shape index (κ1) is 22.3. The van der Waals surface area contributed by atoms with E-state index in [1.165, 1.54) is 12.0 Å². The number of benzene rings is 4. The lowest BCUT2D eigenvalue weighted by Crippen LogP contribution is -2.03. The van der Waals surface area contributed by atoms with Crippen molar-refractivity contribution in [1.29, 1.82) is 0 Å². The van der Waals surface area contributed by atoms with Gasteiger partial charge in [-0.25, -0.2) is 13.2 Å². The summed E-state index contributed by atoms with van der Waals surface area (Å²) < 4.78 is 86.2. The highest BCUT2D eigenvalue weighted by Crippen LogP contribution is 2.33. The van der Waals surface area contributed by atoms with Crippen molar-refractivity contribution in [3.05, 3.63) is 90.3 Å². The number of halogens is 6. The van der Waals surface area contributed by atoms with Crippen molar-refractivity contribution in [1.82, 2.24) is 0 Å². The minimum absolute atomic E-state index is 0.133. The molecule has 0 aliphatic rings. The van der Waals surface area contributed by atoms with E-state index < -0.39 is 34.6 Å². The zero-order valence-corrected chi connectivity index (χ0v) is 16.9. The van der Waals surface area contributed by atoms with Crippen LogP contribution >= 0.6 is 0 Å². The summed E-state index contributed by atoms with van der Waals surface area (Å²) in [5.41, 5.74) is -0.196. The fraction of sp³-hybridized carbons (Fsp3) is 0.0769. The van der Waals surface area contributed by atoms with Gasteiger partial charge in [-0.15, -0.1) is 0 Å². The van der Waals surface area contributed by atoms with E-state index >= 15 is 0 Å². The number of rotatable bonds is 4. The summed E-state index contributed by atoms with van der Waals surface area (Å²) in [6.07, 6.45) is -3.32. The predicted octanol–water partition coefficient (Wildman–Crippen LogP) is 7.56. The molecule has 7 heteroatoms. The first-order valence-corrected chi connectivity index (χ1v) is 9.65. The monoisotopic (exact) mass is 456 g/mol. The normalized spacial score (nSPS) is 11.3. The predicted molar refractivity (Wildman–Crippen MR) is 115 cm³/mol. The number of alkyl halides is 3. The fourth-order valence-corrected chi connectivity index (χ4v) is 3.47. The van der Waals surface area contributed by atoms with Crippen LogP contribution in [0.1, 0.15) is 5.56 Å². The van der Waals surface area contributed by atoms with E-state index in [1.54, 1.807) is 30.3 Å². The highest BCUT2D eigenvalue weighted by molar-refractivity contribution is 5.93. The Morgan fingerprint density at radius 1 is 0.818 bits per heavy atom. The van der Waals surface area contributed by atoms with Gasteiger partial charge in [0.15, 0.2) is 5.82 Å². The minimum Gasteiger partial charge on any atom is -0.490 e. The molecule has 0 unspecified atom stereocenters. The summed E-state index contributed by atoms with van der Waals surface area (Å²) in [7, 11) is 0. The highest BCUT2D eigenvalue weighted by atomic mass is 19.4. The molecule has 0 spiro atoms. The van der Waals surface area contributed by atoms with Gasteiger partial charge in [0.05, 0.1) is 10.9 Å². The molecule has 4 rings (SSSR count). The summed E-state index contributed by atoms with van der Waals surface area (Å²) >= 11 is 0. The molecule has 0 heterocycles. The van der Waals surface area contributed by atoms with Crippen LogP contribution in [0.25, 0.3) is 32.7 Å². The van der Waals surface area contributed by atoms with Gasteiger partial charge in [-0.05, 0) is 63.7 Å². The Bertz CT molecular complexity index is 1460. The Morgan fingerprint density at radius 3 is 2.24 bits per heavy atom. The number of ether oxygens (including phenoxy) is 1. The van der Waals surface area contributed by atoms with Crippen LogP contribution in [0.4, 0.5) is 26.3 Å². The van der Waals surface area contributed by atoms with Crippen molar-refractivity contribution in [3.8, 4) is 28.7 Å². The molecule has 0 radical (unpaired) electrons. The zero-order valence-electron chi connectivity index (χ0n) is 16.9. The van der Waals surface area contributed by atoms with Gasteiger partial charge < -0.3 is 4.74 Å². The van der Waals surface area contributed by atoms with Gasteiger partial charge in [0.1, 0.15) is 24.0 Å². The first-order chi connectivity index (χ1) is 15.7. The maximum absolute atomic E-state index is 14.8. The second-order valence-electron chi connectivity index (χ2n) is 7.17. The molecule has 0 aromatic heterocycles. The van der Waals surface area contributed by atoms with Crippen molar-refractivity contribution < 1.29 is 31.1 Å². The molecule has 0 saturated carbocycles. The van der Waals surface area contributed by atoms with Gasteiger partial charge in [-0.2, -0.15) is 13.2 Å². The van der Waals surface area contributed by atoms with Crippen molar-refractivity contribution in [2.24, 2.45) is 0 Å². The van der Waals surface area contributed by atoms with Crippen LogP contribution in [0.5, 0.6) is 5.75 Å². The van der Waals surface area contributed by atoms with Crippen molar-refractivity contribution in [2.75, 3.05) is 6.61 Å². The summed E-state index contributed by atoms with van der Waals surface area (Å²) in [5.74, 6) is -0.942. The van der Waals surface area contributed by atoms with Gasteiger partial charge >= 0.3 is 6.18 Å².